The molecule has 1 aromatic heterocycles. The van der Waals surface area contributed by atoms with E-state index in [-0.39, 0.29) is 6.04 Å². The fourth-order valence-corrected chi connectivity index (χ4v) is 3.01. The van der Waals surface area contributed by atoms with E-state index in [9.17, 15) is 13.2 Å². The van der Waals surface area contributed by atoms with Crippen molar-refractivity contribution in [2.24, 2.45) is 0 Å². The van der Waals surface area contributed by atoms with E-state index < -0.39 is 11.7 Å². The number of rotatable bonds is 4. The summed E-state index contributed by atoms with van der Waals surface area (Å²) in [4.78, 5) is 8.79. The van der Waals surface area contributed by atoms with E-state index in [0.29, 0.717) is 18.3 Å². The molecule has 0 amide bonds. The van der Waals surface area contributed by atoms with E-state index in [1.807, 2.05) is 6.92 Å². The molecule has 0 aliphatic carbocycles. The number of aryl methyl sites for hydroxylation is 1. The molecular formula is C17H21F3N4O. The maximum absolute atomic E-state index is 12.6. The Morgan fingerprint density at radius 1 is 1.12 bits per heavy atom. The van der Waals surface area contributed by atoms with Crippen molar-refractivity contribution >= 4 is 0 Å². The van der Waals surface area contributed by atoms with Gasteiger partial charge in [-0.1, -0.05) is 17.3 Å². The summed E-state index contributed by atoms with van der Waals surface area (Å²) >= 11 is 0. The topological polar surface area (TPSA) is 45.4 Å². The quantitative estimate of drug-likeness (QED) is 0.843. The summed E-state index contributed by atoms with van der Waals surface area (Å²) in [6, 6.07) is 5.46. The molecule has 0 spiro atoms. The summed E-state index contributed by atoms with van der Waals surface area (Å²) in [7, 11) is 0. The summed E-state index contributed by atoms with van der Waals surface area (Å²) in [5, 5.41) is 3.82. The minimum Gasteiger partial charge on any atom is -0.338 e. The molecule has 0 N–H and O–H groups in total. The van der Waals surface area contributed by atoms with E-state index in [4.69, 9.17) is 4.52 Å². The van der Waals surface area contributed by atoms with Crippen LogP contribution in [0.25, 0.3) is 0 Å². The molecule has 1 saturated heterocycles. The number of nitrogens with zero attached hydrogens (tertiary/aromatic N) is 4. The lowest BCUT2D eigenvalue weighted by atomic mass is 10.1. The summed E-state index contributed by atoms with van der Waals surface area (Å²) in [5.41, 5.74) is 0.284. The van der Waals surface area contributed by atoms with Gasteiger partial charge in [0.25, 0.3) is 0 Å². The lowest BCUT2D eigenvalue weighted by Crippen LogP contribution is -2.46. The third-order valence-corrected chi connectivity index (χ3v) is 4.54. The van der Waals surface area contributed by atoms with Crippen LogP contribution in [-0.2, 0) is 12.7 Å². The average Bonchev–Trinajstić information content (AvgIpc) is 3.01. The SMILES string of the molecule is Cc1noc(C(C)N2CCN(Cc3ccc(C(F)(F)F)cc3)CC2)n1. The standard InChI is InChI=1S/C17H21F3N4O/c1-12(16-21-13(2)22-25-16)24-9-7-23(8-10-24)11-14-3-5-15(6-4-14)17(18,19)20/h3-6,12H,7-11H2,1-2H3. The van der Waals surface area contributed by atoms with Gasteiger partial charge in [-0.05, 0) is 31.5 Å². The lowest BCUT2D eigenvalue weighted by Gasteiger charge is -2.36. The van der Waals surface area contributed by atoms with Crippen molar-refractivity contribution in [3.63, 3.8) is 0 Å². The zero-order valence-electron chi connectivity index (χ0n) is 14.3. The van der Waals surface area contributed by atoms with E-state index in [1.165, 1.54) is 0 Å². The van der Waals surface area contributed by atoms with Crippen molar-refractivity contribution < 1.29 is 17.7 Å². The molecule has 1 unspecified atom stereocenters. The Bertz CT molecular complexity index is 691. The second kappa shape index (κ2) is 7.13. The highest BCUT2D eigenvalue weighted by Crippen LogP contribution is 2.29. The van der Waals surface area contributed by atoms with Crippen molar-refractivity contribution in [1.82, 2.24) is 19.9 Å². The molecule has 1 aromatic carbocycles. The van der Waals surface area contributed by atoms with Crippen molar-refractivity contribution in [1.29, 1.82) is 0 Å². The Hall–Kier alpha value is -1.93. The van der Waals surface area contributed by atoms with Crippen LogP contribution in [0.2, 0.25) is 0 Å². The molecule has 8 heteroatoms. The van der Waals surface area contributed by atoms with Gasteiger partial charge in [-0.3, -0.25) is 9.80 Å². The smallest absolute Gasteiger partial charge is 0.338 e. The van der Waals surface area contributed by atoms with Gasteiger partial charge in [0.15, 0.2) is 5.82 Å². The molecule has 5 nitrogen and oxygen atoms in total. The Morgan fingerprint density at radius 2 is 1.76 bits per heavy atom. The van der Waals surface area contributed by atoms with Crippen LogP contribution in [0.4, 0.5) is 13.2 Å². The van der Waals surface area contributed by atoms with Gasteiger partial charge in [-0.25, -0.2) is 0 Å². The zero-order valence-corrected chi connectivity index (χ0v) is 14.3. The molecule has 2 aromatic rings. The first-order valence-electron chi connectivity index (χ1n) is 8.25. The molecule has 1 aliphatic heterocycles. The molecule has 2 heterocycles. The summed E-state index contributed by atoms with van der Waals surface area (Å²) < 4.78 is 43.0. The molecule has 1 atom stereocenters. The monoisotopic (exact) mass is 354 g/mol. The first kappa shape index (κ1) is 17.9. The molecule has 25 heavy (non-hydrogen) atoms. The molecule has 0 radical (unpaired) electrons. The number of benzene rings is 1. The van der Waals surface area contributed by atoms with Crippen LogP contribution in [0.1, 0.15) is 35.8 Å². The van der Waals surface area contributed by atoms with Crippen molar-refractivity contribution in [3.05, 3.63) is 47.1 Å². The number of alkyl halides is 3. The van der Waals surface area contributed by atoms with Crippen LogP contribution in [0, 0.1) is 6.92 Å². The van der Waals surface area contributed by atoms with Crippen LogP contribution in [0.15, 0.2) is 28.8 Å². The van der Waals surface area contributed by atoms with Gasteiger partial charge in [0.05, 0.1) is 11.6 Å². The highest BCUT2D eigenvalue weighted by molar-refractivity contribution is 5.24. The van der Waals surface area contributed by atoms with Gasteiger partial charge in [0, 0.05) is 32.7 Å². The van der Waals surface area contributed by atoms with E-state index in [1.54, 1.807) is 19.1 Å². The summed E-state index contributed by atoms with van der Waals surface area (Å²) in [6.45, 7) is 7.88. The Labute approximate surface area is 144 Å². The number of hydrogen-bond donors (Lipinski definition) is 0. The minimum atomic E-state index is -4.28. The van der Waals surface area contributed by atoms with E-state index in [0.717, 1.165) is 43.9 Å². The van der Waals surface area contributed by atoms with Gasteiger partial charge in [0.2, 0.25) is 5.89 Å². The number of hydrogen-bond acceptors (Lipinski definition) is 5. The van der Waals surface area contributed by atoms with Crippen LogP contribution >= 0.6 is 0 Å². The fraction of sp³-hybridized carbons (Fsp3) is 0.529. The molecule has 1 aliphatic rings. The molecule has 3 rings (SSSR count). The van der Waals surface area contributed by atoms with Crippen molar-refractivity contribution in [2.75, 3.05) is 26.2 Å². The third kappa shape index (κ3) is 4.38. The second-order valence-electron chi connectivity index (χ2n) is 6.36. The van der Waals surface area contributed by atoms with Gasteiger partial charge < -0.3 is 4.52 Å². The first-order chi connectivity index (χ1) is 11.8. The molecule has 0 saturated carbocycles. The van der Waals surface area contributed by atoms with Crippen LogP contribution in [-0.4, -0.2) is 46.1 Å². The fourth-order valence-electron chi connectivity index (χ4n) is 3.01. The highest BCUT2D eigenvalue weighted by Gasteiger charge is 2.30. The van der Waals surface area contributed by atoms with Crippen molar-refractivity contribution in [2.45, 2.75) is 32.6 Å². The Morgan fingerprint density at radius 3 is 2.28 bits per heavy atom. The van der Waals surface area contributed by atoms with Crippen LogP contribution in [0.5, 0.6) is 0 Å². The van der Waals surface area contributed by atoms with E-state index >= 15 is 0 Å². The van der Waals surface area contributed by atoms with E-state index in [2.05, 4.69) is 19.9 Å². The molecule has 136 valence electrons. The number of halogens is 3. The molecular weight excluding hydrogens is 333 g/mol. The van der Waals surface area contributed by atoms with Gasteiger partial charge in [-0.15, -0.1) is 0 Å². The molecule has 0 bridgehead atoms. The Kier molecular flexibility index (Phi) is 5.10. The largest absolute Gasteiger partial charge is 0.416 e. The first-order valence-corrected chi connectivity index (χ1v) is 8.25. The second-order valence-corrected chi connectivity index (χ2v) is 6.36. The number of aromatic nitrogens is 2. The van der Waals surface area contributed by atoms with Gasteiger partial charge in [0.1, 0.15) is 0 Å². The van der Waals surface area contributed by atoms with Gasteiger partial charge in [-0.2, -0.15) is 18.2 Å². The Balaban J connectivity index is 1.52. The average molecular weight is 354 g/mol. The number of piperazine rings is 1. The maximum atomic E-state index is 12.6. The zero-order chi connectivity index (χ0) is 18.0. The summed E-state index contributed by atoms with van der Waals surface area (Å²) in [5.74, 6) is 1.25. The van der Waals surface area contributed by atoms with Crippen LogP contribution in [0.3, 0.4) is 0 Å². The highest BCUT2D eigenvalue weighted by atomic mass is 19.4. The molecule has 1 fully saturated rings. The predicted octanol–water partition coefficient (Wildman–Crippen LogP) is 3.28. The van der Waals surface area contributed by atoms with Crippen LogP contribution < -0.4 is 0 Å². The lowest BCUT2D eigenvalue weighted by molar-refractivity contribution is -0.137. The summed E-state index contributed by atoms with van der Waals surface area (Å²) in [6.07, 6.45) is -4.28. The minimum absolute atomic E-state index is 0.0643. The third-order valence-electron chi connectivity index (χ3n) is 4.54. The maximum Gasteiger partial charge on any atom is 0.416 e. The van der Waals surface area contributed by atoms with Crippen molar-refractivity contribution in [3.8, 4) is 0 Å². The normalized spacial score (nSPS) is 18.4. The predicted molar refractivity (Wildman–Crippen MR) is 85.7 cm³/mol. The van der Waals surface area contributed by atoms with Gasteiger partial charge >= 0.3 is 6.18 Å².